The van der Waals surface area contributed by atoms with Gasteiger partial charge in [-0.05, 0) is 20.3 Å². The molecule has 158 valence electrons. The van der Waals surface area contributed by atoms with Gasteiger partial charge in [0, 0.05) is 18.8 Å². The van der Waals surface area contributed by atoms with Crippen LogP contribution in [0.25, 0.3) is 0 Å². The van der Waals surface area contributed by atoms with Gasteiger partial charge in [0.15, 0.2) is 0 Å². The number of epoxide rings is 1. The van der Waals surface area contributed by atoms with Crippen LogP contribution in [0, 0.1) is 17.8 Å². The van der Waals surface area contributed by atoms with Crippen molar-refractivity contribution in [3.63, 3.8) is 0 Å². The topological polar surface area (TPSA) is 106 Å². The molecule has 0 aromatic carbocycles. The SMILES string of the molecule is CCC(C)C(=O)O[C@H]1C[C@@](C)(O)[C@]23O[C@H]2C[C@](C)(O)[C@]3(Cl)[C@H]2OC(=O)[C@@H](C)[C@H]12. The molecule has 2 N–H and O–H groups in total. The van der Waals surface area contributed by atoms with E-state index in [0.717, 1.165) is 0 Å². The minimum Gasteiger partial charge on any atom is -0.462 e. The third-order valence-corrected chi connectivity index (χ3v) is 8.58. The highest BCUT2D eigenvalue weighted by molar-refractivity contribution is 6.27. The molecule has 8 heteroatoms. The smallest absolute Gasteiger partial charge is 0.309 e. The van der Waals surface area contributed by atoms with Crippen molar-refractivity contribution in [3.05, 3.63) is 0 Å². The van der Waals surface area contributed by atoms with E-state index in [4.69, 9.17) is 25.8 Å². The zero-order valence-electron chi connectivity index (χ0n) is 16.9. The molecule has 4 rings (SSSR count). The van der Waals surface area contributed by atoms with Gasteiger partial charge in [0.2, 0.25) is 0 Å². The highest BCUT2D eigenvalue weighted by Gasteiger charge is 2.90. The standard InChI is InChI=1S/C20H29ClO7/c1-6-9(2)15(22)26-11-7-18(5,25)20-12(28-20)8-17(4,24)19(20,21)14-13(11)10(3)16(23)27-14/h9-14,24-25H,6-8H2,1-5H3/t9?,10-,11-,12-,13+,14-,17-,18+,19+,20+/m0/s1. The Morgan fingerprint density at radius 2 is 1.96 bits per heavy atom. The number of alkyl halides is 1. The number of halogens is 1. The molecule has 1 unspecified atom stereocenters. The van der Waals surface area contributed by atoms with Gasteiger partial charge in [-0.3, -0.25) is 9.59 Å². The summed E-state index contributed by atoms with van der Waals surface area (Å²) in [4.78, 5) is 23.5. The maximum atomic E-state index is 12.5. The van der Waals surface area contributed by atoms with E-state index >= 15 is 0 Å². The summed E-state index contributed by atoms with van der Waals surface area (Å²) in [5.74, 6) is -2.32. The van der Waals surface area contributed by atoms with E-state index in [1.807, 2.05) is 6.92 Å². The van der Waals surface area contributed by atoms with E-state index in [1.165, 1.54) is 0 Å². The molecular weight excluding hydrogens is 388 g/mol. The summed E-state index contributed by atoms with van der Waals surface area (Å²) in [7, 11) is 0. The molecule has 0 radical (unpaired) electrons. The van der Waals surface area contributed by atoms with Crippen molar-refractivity contribution in [2.45, 2.75) is 93.9 Å². The Morgan fingerprint density at radius 1 is 1.32 bits per heavy atom. The number of ether oxygens (including phenoxy) is 3. The molecule has 2 aliphatic heterocycles. The first-order valence-electron chi connectivity index (χ1n) is 10.1. The van der Waals surface area contributed by atoms with Crippen LogP contribution in [0.3, 0.4) is 0 Å². The molecule has 2 saturated heterocycles. The van der Waals surface area contributed by atoms with E-state index in [-0.39, 0.29) is 24.7 Å². The van der Waals surface area contributed by atoms with E-state index in [2.05, 4.69) is 0 Å². The molecule has 2 aliphatic carbocycles. The summed E-state index contributed by atoms with van der Waals surface area (Å²) < 4.78 is 17.4. The fourth-order valence-electron chi connectivity index (χ4n) is 5.81. The van der Waals surface area contributed by atoms with Gasteiger partial charge in [-0.15, -0.1) is 11.6 Å². The van der Waals surface area contributed by atoms with E-state index in [1.54, 1.807) is 27.7 Å². The number of aliphatic hydroxyl groups is 2. The molecule has 2 saturated carbocycles. The van der Waals surface area contributed by atoms with Crippen molar-refractivity contribution < 1.29 is 34.0 Å². The van der Waals surface area contributed by atoms with Gasteiger partial charge in [0.05, 0.1) is 29.1 Å². The summed E-state index contributed by atoms with van der Waals surface area (Å²) in [5, 5.41) is 22.7. The lowest BCUT2D eigenvalue weighted by atomic mass is 9.71. The fraction of sp³-hybridized carbons (Fsp3) is 0.900. The number of carbonyl (C=O) groups excluding carboxylic acids is 2. The maximum Gasteiger partial charge on any atom is 0.309 e. The van der Waals surface area contributed by atoms with E-state index in [0.29, 0.717) is 6.42 Å². The van der Waals surface area contributed by atoms with Crippen LogP contribution < -0.4 is 0 Å². The highest BCUT2D eigenvalue weighted by Crippen LogP contribution is 2.72. The first kappa shape index (κ1) is 20.4. The second-order valence-electron chi connectivity index (χ2n) is 9.52. The molecule has 4 aliphatic rings. The number of fused-ring (bicyclic) bond motifs is 2. The van der Waals surface area contributed by atoms with Crippen molar-refractivity contribution >= 4 is 23.5 Å². The van der Waals surface area contributed by atoms with Crippen LogP contribution in [0.15, 0.2) is 0 Å². The number of carbonyl (C=O) groups is 2. The molecule has 1 spiro atoms. The Hall–Kier alpha value is -0.890. The quantitative estimate of drug-likeness (QED) is 0.408. The monoisotopic (exact) mass is 416 g/mol. The summed E-state index contributed by atoms with van der Waals surface area (Å²) in [5.41, 5.74) is -4.17. The van der Waals surface area contributed by atoms with Crippen LogP contribution in [0.5, 0.6) is 0 Å². The first-order valence-corrected chi connectivity index (χ1v) is 10.4. The molecule has 0 amide bonds. The van der Waals surface area contributed by atoms with Gasteiger partial charge in [0.1, 0.15) is 22.7 Å². The van der Waals surface area contributed by atoms with Crippen LogP contribution >= 0.6 is 11.6 Å². The summed E-state index contributed by atoms with van der Waals surface area (Å²) in [6.07, 6.45) is -1.27. The molecule has 28 heavy (non-hydrogen) atoms. The number of hydrogen-bond acceptors (Lipinski definition) is 7. The highest BCUT2D eigenvalue weighted by atomic mass is 35.5. The molecule has 0 aromatic heterocycles. The molecule has 7 nitrogen and oxygen atoms in total. The van der Waals surface area contributed by atoms with Crippen molar-refractivity contribution in [3.8, 4) is 0 Å². The van der Waals surface area contributed by atoms with Gasteiger partial charge in [-0.25, -0.2) is 0 Å². The van der Waals surface area contributed by atoms with Crippen molar-refractivity contribution in [2.75, 3.05) is 0 Å². The van der Waals surface area contributed by atoms with Gasteiger partial charge in [-0.1, -0.05) is 20.8 Å². The van der Waals surface area contributed by atoms with E-state index in [9.17, 15) is 19.8 Å². The third-order valence-electron chi connectivity index (χ3n) is 7.68. The van der Waals surface area contributed by atoms with Crippen LogP contribution in [-0.4, -0.2) is 62.1 Å². The number of esters is 2. The molecular formula is C20H29ClO7. The largest absolute Gasteiger partial charge is 0.462 e. The van der Waals surface area contributed by atoms with Gasteiger partial charge in [0.25, 0.3) is 0 Å². The second kappa shape index (κ2) is 5.84. The average Bonchev–Trinajstić information content (AvgIpc) is 3.20. The zero-order valence-corrected chi connectivity index (χ0v) is 17.7. The molecule has 4 fully saturated rings. The van der Waals surface area contributed by atoms with Crippen LogP contribution in [0.4, 0.5) is 0 Å². The Kier molecular flexibility index (Phi) is 4.25. The molecule has 0 bridgehead atoms. The van der Waals surface area contributed by atoms with Crippen molar-refractivity contribution in [1.82, 2.24) is 0 Å². The minimum atomic E-state index is -1.54. The predicted molar refractivity (Wildman–Crippen MR) is 98.5 cm³/mol. The second-order valence-corrected chi connectivity index (χ2v) is 10.1. The van der Waals surface area contributed by atoms with Gasteiger partial charge >= 0.3 is 11.9 Å². The average molecular weight is 417 g/mol. The van der Waals surface area contributed by atoms with Crippen molar-refractivity contribution in [2.24, 2.45) is 17.8 Å². The number of rotatable bonds is 3. The van der Waals surface area contributed by atoms with Crippen LogP contribution in [0.2, 0.25) is 0 Å². The zero-order chi connectivity index (χ0) is 20.9. The fourth-order valence-corrected chi connectivity index (χ4v) is 6.45. The van der Waals surface area contributed by atoms with Gasteiger partial charge in [-0.2, -0.15) is 0 Å². The van der Waals surface area contributed by atoms with Crippen molar-refractivity contribution in [1.29, 1.82) is 0 Å². The summed E-state index contributed by atoms with van der Waals surface area (Å²) in [6.45, 7) is 8.56. The molecule has 10 atom stereocenters. The Labute approximate surface area is 169 Å². The van der Waals surface area contributed by atoms with Crippen LogP contribution in [-0.2, 0) is 23.8 Å². The lowest BCUT2D eigenvalue weighted by molar-refractivity contribution is -0.161. The predicted octanol–water partition coefficient (Wildman–Crippen LogP) is 1.55. The normalized spacial score (nSPS) is 55.4. The lowest BCUT2D eigenvalue weighted by Gasteiger charge is -2.46. The van der Waals surface area contributed by atoms with Gasteiger partial charge < -0.3 is 24.4 Å². The first-order chi connectivity index (χ1) is 12.8. The summed E-state index contributed by atoms with van der Waals surface area (Å²) in [6, 6.07) is 0. The Bertz CT molecular complexity index is 721. The van der Waals surface area contributed by atoms with Crippen LogP contribution in [0.1, 0.15) is 53.9 Å². The number of hydrogen-bond donors (Lipinski definition) is 2. The minimum absolute atomic E-state index is 0.0539. The Balaban J connectivity index is 1.81. The summed E-state index contributed by atoms with van der Waals surface area (Å²) >= 11 is 7.11. The Morgan fingerprint density at radius 3 is 2.57 bits per heavy atom. The molecule has 2 heterocycles. The lowest BCUT2D eigenvalue weighted by Crippen LogP contribution is -2.66. The maximum absolute atomic E-state index is 12.5. The molecule has 0 aromatic rings. The van der Waals surface area contributed by atoms with E-state index < -0.39 is 57.8 Å². The third kappa shape index (κ3) is 2.22.